The molecule has 2 heterocycles. The van der Waals surface area contributed by atoms with Gasteiger partial charge in [-0.15, -0.1) is 0 Å². The van der Waals surface area contributed by atoms with E-state index in [2.05, 4.69) is 5.32 Å². The van der Waals surface area contributed by atoms with Crippen LogP contribution in [0.4, 0.5) is 15.3 Å². The minimum atomic E-state index is -0.536. The molecule has 0 atom stereocenters. The minimum Gasteiger partial charge on any atom is -0.444 e. The second kappa shape index (κ2) is 9.07. The van der Waals surface area contributed by atoms with Crippen LogP contribution < -0.4 is 5.32 Å². The van der Waals surface area contributed by atoms with Crippen molar-refractivity contribution in [3.05, 3.63) is 29.8 Å². The van der Waals surface area contributed by atoms with Crippen LogP contribution in [0.2, 0.25) is 0 Å². The number of thioether (sulfide) groups is 1. The van der Waals surface area contributed by atoms with Crippen molar-refractivity contribution >= 4 is 40.6 Å². The van der Waals surface area contributed by atoms with Crippen LogP contribution in [-0.2, 0) is 20.9 Å². The maximum atomic E-state index is 12.6. The standard InChI is InChI=1S/C21H27N3O5S/c1-21(2,3)29-19(27)23-10-8-15(9-11-23)18(26)22-16-6-4-14(5-7-16)12-24-17(25)13-30-20(24)28/h4-7,15H,8-13H2,1-3H3,(H,22,26). The molecule has 30 heavy (non-hydrogen) atoms. The third-order valence-electron chi connectivity index (χ3n) is 4.92. The second-order valence-corrected chi connectivity index (χ2v) is 9.39. The first-order chi connectivity index (χ1) is 14.1. The van der Waals surface area contributed by atoms with Crippen molar-refractivity contribution < 1.29 is 23.9 Å². The molecule has 0 bridgehead atoms. The Bertz CT molecular complexity index is 810. The van der Waals surface area contributed by atoms with Crippen LogP contribution in [0.15, 0.2) is 24.3 Å². The lowest BCUT2D eigenvalue weighted by molar-refractivity contribution is -0.125. The lowest BCUT2D eigenvalue weighted by Crippen LogP contribution is -2.43. The molecular formula is C21H27N3O5S. The van der Waals surface area contributed by atoms with Gasteiger partial charge in [-0.3, -0.25) is 19.3 Å². The first kappa shape index (κ1) is 22.1. The molecule has 0 radical (unpaired) electrons. The van der Waals surface area contributed by atoms with Gasteiger partial charge in [-0.25, -0.2) is 4.79 Å². The quantitative estimate of drug-likeness (QED) is 0.781. The van der Waals surface area contributed by atoms with Crippen LogP contribution in [0.25, 0.3) is 0 Å². The van der Waals surface area contributed by atoms with Gasteiger partial charge in [0, 0.05) is 24.7 Å². The predicted molar refractivity (Wildman–Crippen MR) is 114 cm³/mol. The van der Waals surface area contributed by atoms with E-state index in [9.17, 15) is 19.2 Å². The highest BCUT2D eigenvalue weighted by Crippen LogP contribution is 2.23. The summed E-state index contributed by atoms with van der Waals surface area (Å²) in [6.07, 6.45) is 0.824. The number of hydrogen-bond acceptors (Lipinski definition) is 6. The average Bonchev–Trinajstić information content (AvgIpc) is 3.00. The third-order valence-corrected chi connectivity index (χ3v) is 5.78. The number of amides is 4. The first-order valence-corrected chi connectivity index (χ1v) is 11.0. The van der Waals surface area contributed by atoms with Crippen molar-refractivity contribution in [3.63, 3.8) is 0 Å². The van der Waals surface area contributed by atoms with Gasteiger partial charge in [0.1, 0.15) is 5.60 Å². The minimum absolute atomic E-state index is 0.0760. The lowest BCUT2D eigenvalue weighted by Gasteiger charge is -2.32. The molecule has 8 nitrogen and oxygen atoms in total. The van der Waals surface area contributed by atoms with Crippen molar-refractivity contribution in [2.45, 2.75) is 45.8 Å². The molecule has 0 unspecified atom stereocenters. The topological polar surface area (TPSA) is 96.0 Å². The zero-order valence-electron chi connectivity index (χ0n) is 17.5. The largest absolute Gasteiger partial charge is 0.444 e. The zero-order valence-corrected chi connectivity index (χ0v) is 18.3. The Morgan fingerprint density at radius 2 is 1.77 bits per heavy atom. The fourth-order valence-electron chi connectivity index (χ4n) is 3.30. The molecule has 9 heteroatoms. The highest BCUT2D eigenvalue weighted by Gasteiger charge is 2.31. The number of nitrogens with zero attached hydrogens (tertiary/aromatic N) is 2. The maximum absolute atomic E-state index is 12.6. The molecule has 1 aromatic carbocycles. The zero-order chi connectivity index (χ0) is 21.9. The summed E-state index contributed by atoms with van der Waals surface area (Å²) in [4.78, 5) is 51.0. The van der Waals surface area contributed by atoms with Crippen molar-refractivity contribution in [2.75, 3.05) is 24.2 Å². The lowest BCUT2D eigenvalue weighted by atomic mass is 9.96. The number of piperidine rings is 1. The van der Waals surface area contributed by atoms with Crippen molar-refractivity contribution in [1.82, 2.24) is 9.80 Å². The van der Waals surface area contributed by atoms with E-state index < -0.39 is 5.60 Å². The predicted octanol–water partition coefficient (Wildman–Crippen LogP) is 3.47. The van der Waals surface area contributed by atoms with Crippen molar-refractivity contribution in [3.8, 4) is 0 Å². The Morgan fingerprint density at radius 3 is 2.30 bits per heavy atom. The fraction of sp³-hybridized carbons (Fsp3) is 0.524. The third kappa shape index (κ3) is 5.75. The van der Waals surface area contributed by atoms with Crippen molar-refractivity contribution in [2.24, 2.45) is 5.92 Å². The van der Waals surface area contributed by atoms with Gasteiger partial charge in [-0.05, 0) is 51.3 Å². The van der Waals surface area contributed by atoms with E-state index in [1.165, 1.54) is 4.90 Å². The van der Waals surface area contributed by atoms with Gasteiger partial charge in [0.15, 0.2) is 0 Å². The van der Waals surface area contributed by atoms with E-state index in [4.69, 9.17) is 4.74 Å². The van der Waals surface area contributed by atoms with Gasteiger partial charge in [-0.1, -0.05) is 23.9 Å². The number of rotatable bonds is 4. The molecule has 2 aliphatic heterocycles. The van der Waals surface area contributed by atoms with Crippen LogP contribution >= 0.6 is 11.8 Å². The number of ether oxygens (including phenoxy) is 1. The molecule has 1 aromatic rings. The van der Waals surface area contributed by atoms with Gasteiger partial charge in [0.2, 0.25) is 11.8 Å². The summed E-state index contributed by atoms with van der Waals surface area (Å²) in [5, 5.41) is 2.68. The molecule has 4 amide bonds. The van der Waals surface area contributed by atoms with Crippen LogP contribution in [0.5, 0.6) is 0 Å². The smallest absolute Gasteiger partial charge is 0.410 e. The van der Waals surface area contributed by atoms with Crippen LogP contribution in [-0.4, -0.2) is 57.4 Å². The summed E-state index contributed by atoms with van der Waals surface area (Å²) in [6.45, 7) is 6.70. The Morgan fingerprint density at radius 1 is 1.13 bits per heavy atom. The summed E-state index contributed by atoms with van der Waals surface area (Å²) in [5.74, 6) is -0.229. The number of carbonyl (C=O) groups excluding carboxylic acids is 4. The van der Waals surface area contributed by atoms with E-state index in [1.807, 2.05) is 20.8 Å². The number of likely N-dealkylation sites (tertiary alicyclic amines) is 1. The molecule has 0 spiro atoms. The number of nitrogens with one attached hydrogen (secondary N) is 1. The molecule has 1 N–H and O–H groups in total. The number of hydrogen-bond donors (Lipinski definition) is 1. The summed E-state index contributed by atoms with van der Waals surface area (Å²) < 4.78 is 5.38. The Hall–Kier alpha value is -2.55. The molecular weight excluding hydrogens is 406 g/mol. The molecule has 3 rings (SSSR count). The van der Waals surface area contributed by atoms with Crippen LogP contribution in [0.1, 0.15) is 39.2 Å². The molecule has 162 valence electrons. The van der Waals surface area contributed by atoms with Gasteiger partial charge in [-0.2, -0.15) is 0 Å². The van der Waals surface area contributed by atoms with Gasteiger partial charge < -0.3 is 15.0 Å². The molecule has 2 fully saturated rings. The number of anilines is 1. The van der Waals surface area contributed by atoms with Crippen LogP contribution in [0.3, 0.4) is 0 Å². The molecule has 2 saturated heterocycles. The van der Waals surface area contributed by atoms with E-state index in [-0.39, 0.29) is 41.4 Å². The monoisotopic (exact) mass is 433 g/mol. The summed E-state index contributed by atoms with van der Waals surface area (Å²) >= 11 is 1.01. The number of carbonyl (C=O) groups is 4. The SMILES string of the molecule is CC(C)(C)OC(=O)N1CCC(C(=O)Nc2ccc(CN3C(=O)CSC3=O)cc2)CC1. The Balaban J connectivity index is 1.48. The highest BCUT2D eigenvalue weighted by atomic mass is 32.2. The highest BCUT2D eigenvalue weighted by molar-refractivity contribution is 8.14. The normalized spacial score (nSPS) is 18.0. The summed E-state index contributed by atoms with van der Waals surface area (Å²) in [5.41, 5.74) is 0.945. The average molecular weight is 434 g/mol. The molecule has 0 aromatic heterocycles. The Labute approximate surface area is 180 Å². The van der Waals surface area contributed by atoms with Gasteiger partial charge in [0.05, 0.1) is 12.3 Å². The molecule has 0 saturated carbocycles. The van der Waals surface area contributed by atoms with E-state index in [1.54, 1.807) is 29.2 Å². The number of imide groups is 1. The van der Waals surface area contributed by atoms with Gasteiger partial charge in [0.25, 0.3) is 5.24 Å². The molecule has 2 aliphatic rings. The van der Waals surface area contributed by atoms with E-state index in [0.29, 0.717) is 31.6 Å². The first-order valence-electron chi connectivity index (χ1n) is 9.97. The molecule has 0 aliphatic carbocycles. The van der Waals surface area contributed by atoms with Gasteiger partial charge >= 0.3 is 6.09 Å². The van der Waals surface area contributed by atoms with Crippen molar-refractivity contribution in [1.29, 1.82) is 0 Å². The summed E-state index contributed by atoms with van der Waals surface area (Å²) in [6, 6.07) is 7.12. The second-order valence-electron chi connectivity index (χ2n) is 8.46. The van der Waals surface area contributed by atoms with E-state index >= 15 is 0 Å². The summed E-state index contributed by atoms with van der Waals surface area (Å²) in [7, 11) is 0. The maximum Gasteiger partial charge on any atom is 0.410 e. The van der Waals surface area contributed by atoms with Crippen LogP contribution in [0, 0.1) is 5.92 Å². The Kier molecular flexibility index (Phi) is 6.70. The fourth-order valence-corrected chi connectivity index (χ4v) is 4.03. The number of benzene rings is 1. The van der Waals surface area contributed by atoms with E-state index in [0.717, 1.165) is 17.3 Å².